The van der Waals surface area contributed by atoms with E-state index >= 15 is 0 Å². The van der Waals surface area contributed by atoms with Crippen LogP contribution >= 0.6 is 0 Å². The molecule has 5 rings (SSSR count). The van der Waals surface area contributed by atoms with Crippen molar-refractivity contribution >= 4 is 5.97 Å². The van der Waals surface area contributed by atoms with Gasteiger partial charge in [0.2, 0.25) is 0 Å². The Morgan fingerprint density at radius 1 is 0.778 bits per heavy atom. The number of rotatable bonds is 0. The molecule has 2 heterocycles. The number of phenols is 2. The van der Waals surface area contributed by atoms with Crippen molar-refractivity contribution < 1.29 is 24.5 Å². The molecule has 0 amide bonds. The van der Waals surface area contributed by atoms with Crippen LogP contribution in [-0.4, -0.2) is 16.2 Å². The molecule has 0 bridgehead atoms. The molecule has 7 heteroatoms. The number of fused-ring (bicyclic) bond motifs is 6. The summed E-state index contributed by atoms with van der Waals surface area (Å²) in [4.78, 5) is 12.5. The Morgan fingerprint density at radius 3 is 1.93 bits per heavy atom. The number of nitrogens with zero attached hydrogens (tertiary/aromatic N) is 2. The molecule has 0 aromatic heterocycles. The second-order valence-corrected chi connectivity index (χ2v) is 6.08. The lowest BCUT2D eigenvalue weighted by atomic mass is 9.77. The predicted octanol–water partition coefficient (Wildman–Crippen LogP) is 3.70. The van der Waals surface area contributed by atoms with Crippen LogP contribution in [0.2, 0.25) is 0 Å². The highest BCUT2D eigenvalue weighted by molar-refractivity contribution is 5.97. The zero-order chi connectivity index (χ0) is 19.2. The van der Waals surface area contributed by atoms with E-state index in [0.717, 1.165) is 0 Å². The van der Waals surface area contributed by atoms with Crippen molar-refractivity contribution in [3.05, 3.63) is 82.9 Å². The fourth-order valence-electron chi connectivity index (χ4n) is 3.65. The smallest absolute Gasteiger partial charge is 0.340 e. The fourth-order valence-corrected chi connectivity index (χ4v) is 3.65. The van der Waals surface area contributed by atoms with Crippen LogP contribution in [0.25, 0.3) is 0 Å². The molecule has 0 aliphatic carbocycles. The van der Waals surface area contributed by atoms with Gasteiger partial charge in [0.05, 0.1) is 5.56 Å². The first kappa shape index (κ1) is 16.4. The normalized spacial score (nSPS) is 14.7. The summed E-state index contributed by atoms with van der Waals surface area (Å²) in [7, 11) is 0. The largest absolute Gasteiger partial charge is 0.508 e. The molecule has 3 aromatic carbocycles. The Labute approximate surface area is 153 Å². The van der Waals surface area contributed by atoms with Crippen molar-refractivity contribution in [3.63, 3.8) is 0 Å². The van der Waals surface area contributed by atoms with Gasteiger partial charge in [-0.1, -0.05) is 18.2 Å². The number of ether oxygens (including phenoxy) is 2. The lowest BCUT2D eigenvalue weighted by Crippen LogP contribution is -2.32. The molecule has 2 N–H and O–H groups in total. The lowest BCUT2D eigenvalue weighted by Gasteiger charge is -2.36. The van der Waals surface area contributed by atoms with E-state index < -0.39 is 11.6 Å². The number of carbonyl (C=O) groups excluding carboxylic acids is 1. The number of aromatic hydroxyl groups is 2. The summed E-state index contributed by atoms with van der Waals surface area (Å²) in [6.45, 7) is 0. The van der Waals surface area contributed by atoms with Crippen LogP contribution in [0.15, 0.2) is 60.7 Å². The molecule has 0 radical (unpaired) electrons. The Morgan fingerprint density at radius 2 is 1.33 bits per heavy atom. The highest BCUT2D eigenvalue weighted by Gasteiger charge is 2.53. The molecular weight excluding hydrogens is 348 g/mol. The average Bonchev–Trinajstić information content (AvgIpc) is 2.97. The van der Waals surface area contributed by atoms with Gasteiger partial charge in [0.25, 0.3) is 0 Å². The highest BCUT2D eigenvalue weighted by Crippen LogP contribution is 2.56. The van der Waals surface area contributed by atoms with Crippen LogP contribution in [0.3, 0.4) is 0 Å². The van der Waals surface area contributed by atoms with Gasteiger partial charge >= 0.3 is 5.97 Å². The summed E-state index contributed by atoms with van der Waals surface area (Å²) in [6.07, 6.45) is 0. The minimum Gasteiger partial charge on any atom is -0.508 e. The lowest BCUT2D eigenvalue weighted by molar-refractivity contribution is 0.0224. The maximum absolute atomic E-state index is 12.5. The average molecular weight is 360 g/mol. The minimum absolute atomic E-state index is 0.0371. The Balaban J connectivity index is 0.000000872. The predicted molar refractivity (Wildman–Crippen MR) is 91.5 cm³/mol. The van der Waals surface area contributed by atoms with E-state index in [1.54, 1.807) is 24.3 Å². The van der Waals surface area contributed by atoms with Crippen LogP contribution in [0.4, 0.5) is 0 Å². The third-order valence-corrected chi connectivity index (χ3v) is 4.68. The molecule has 2 aliphatic heterocycles. The van der Waals surface area contributed by atoms with E-state index in [9.17, 15) is 15.0 Å². The van der Waals surface area contributed by atoms with Crippen molar-refractivity contribution in [3.8, 4) is 23.0 Å². The van der Waals surface area contributed by atoms with Gasteiger partial charge < -0.3 is 19.7 Å². The summed E-state index contributed by atoms with van der Waals surface area (Å²) < 4.78 is 11.8. The fraction of sp³-hybridized carbons (Fsp3) is 0.0500. The van der Waals surface area contributed by atoms with Gasteiger partial charge in [-0.3, -0.25) is 0 Å². The standard InChI is InChI=1S/C20H12O5.N2/c21-11-5-7-15-17(9-11)24-18-10-12(22)6-8-16(18)20(15)14-4-2-1-3-13(14)19(23)25-20;1-2/h1-10,21-22H;. The molecule has 7 nitrogen and oxygen atoms in total. The second-order valence-electron chi connectivity index (χ2n) is 6.08. The van der Waals surface area contributed by atoms with Gasteiger partial charge in [0, 0.05) is 39.6 Å². The Bertz CT molecular complexity index is 1060. The molecular formula is C20H12N2O5. The molecule has 0 saturated carbocycles. The highest BCUT2D eigenvalue weighted by atomic mass is 16.6. The summed E-state index contributed by atoms with van der Waals surface area (Å²) in [5, 5.41) is 31.7. The summed E-state index contributed by atoms with van der Waals surface area (Å²) >= 11 is 0. The molecule has 0 atom stereocenters. The molecule has 2 aliphatic rings. The van der Waals surface area contributed by atoms with Gasteiger partial charge in [-0.05, 0) is 30.3 Å². The van der Waals surface area contributed by atoms with E-state index in [0.29, 0.717) is 33.8 Å². The molecule has 3 aromatic rings. The van der Waals surface area contributed by atoms with Crippen LogP contribution in [0.5, 0.6) is 23.0 Å². The number of carbonyl (C=O) groups is 1. The second kappa shape index (κ2) is 5.75. The zero-order valence-electron chi connectivity index (χ0n) is 13.8. The molecule has 0 saturated heterocycles. The van der Waals surface area contributed by atoms with Crippen molar-refractivity contribution in [2.24, 2.45) is 0 Å². The first-order valence-corrected chi connectivity index (χ1v) is 7.97. The van der Waals surface area contributed by atoms with Crippen LogP contribution in [0, 0.1) is 10.8 Å². The van der Waals surface area contributed by atoms with E-state index in [-0.39, 0.29) is 11.5 Å². The van der Waals surface area contributed by atoms with Crippen LogP contribution in [-0.2, 0) is 10.3 Å². The van der Waals surface area contributed by atoms with Gasteiger partial charge in [-0.2, -0.15) is 0 Å². The number of hydrogen-bond donors (Lipinski definition) is 2. The van der Waals surface area contributed by atoms with E-state index in [4.69, 9.17) is 20.3 Å². The molecule has 1 spiro atoms. The third-order valence-electron chi connectivity index (χ3n) is 4.68. The number of benzene rings is 3. The van der Waals surface area contributed by atoms with Crippen LogP contribution in [0.1, 0.15) is 27.0 Å². The van der Waals surface area contributed by atoms with Crippen molar-refractivity contribution in [2.45, 2.75) is 5.60 Å². The van der Waals surface area contributed by atoms with E-state index in [2.05, 4.69) is 0 Å². The SMILES string of the molecule is N#N.O=C1OC2(c3ccc(O)cc3Oc3cc(O)ccc32)c2ccccc21. The summed E-state index contributed by atoms with van der Waals surface area (Å²) in [5.74, 6) is 0.408. The topological polar surface area (TPSA) is 124 Å². The Kier molecular flexibility index (Phi) is 3.49. The molecule has 132 valence electrons. The molecule has 0 unspecified atom stereocenters. The first-order chi connectivity index (χ1) is 13.1. The van der Waals surface area contributed by atoms with Crippen molar-refractivity contribution in [1.82, 2.24) is 0 Å². The molecule has 0 fully saturated rings. The monoisotopic (exact) mass is 360 g/mol. The Hall–Kier alpha value is -4.05. The van der Waals surface area contributed by atoms with E-state index in [1.165, 1.54) is 24.3 Å². The summed E-state index contributed by atoms with van der Waals surface area (Å²) in [6, 6.07) is 16.6. The third kappa shape index (κ3) is 2.14. The van der Waals surface area contributed by atoms with Gasteiger partial charge in [0.15, 0.2) is 5.60 Å². The van der Waals surface area contributed by atoms with Gasteiger partial charge in [-0.15, -0.1) is 0 Å². The number of phenolic OH excluding ortho intramolecular Hbond substituents is 2. The maximum Gasteiger partial charge on any atom is 0.340 e. The minimum atomic E-state index is -1.17. The van der Waals surface area contributed by atoms with Gasteiger partial charge in [-0.25, -0.2) is 4.79 Å². The summed E-state index contributed by atoms with van der Waals surface area (Å²) in [5.41, 5.74) is 1.28. The van der Waals surface area contributed by atoms with Crippen molar-refractivity contribution in [1.29, 1.82) is 10.8 Å². The zero-order valence-corrected chi connectivity index (χ0v) is 13.8. The van der Waals surface area contributed by atoms with E-state index in [1.807, 2.05) is 12.1 Å². The maximum atomic E-state index is 12.5. The van der Waals surface area contributed by atoms with Crippen molar-refractivity contribution in [2.75, 3.05) is 0 Å². The van der Waals surface area contributed by atoms with Gasteiger partial charge in [0.1, 0.15) is 23.0 Å². The number of esters is 1. The molecule has 27 heavy (non-hydrogen) atoms. The first-order valence-electron chi connectivity index (χ1n) is 7.97. The van der Waals surface area contributed by atoms with Crippen LogP contribution < -0.4 is 4.74 Å². The quantitative estimate of drug-likeness (QED) is 0.463. The number of hydrogen-bond acceptors (Lipinski definition) is 7.